The third-order valence-electron chi connectivity index (χ3n) is 13.9. The van der Waals surface area contributed by atoms with Crippen molar-refractivity contribution in [3.05, 3.63) is 22.3 Å². The van der Waals surface area contributed by atoms with E-state index >= 15 is 0 Å². The highest BCUT2D eigenvalue weighted by Crippen LogP contribution is 2.77. The third-order valence-corrected chi connectivity index (χ3v) is 13.9. The quantitative estimate of drug-likeness (QED) is 0.107. The van der Waals surface area contributed by atoms with Gasteiger partial charge in [0.2, 0.25) is 0 Å². The molecule has 5 aliphatic carbocycles. The van der Waals surface area contributed by atoms with Crippen molar-refractivity contribution in [2.24, 2.45) is 56.7 Å². The molecule has 7 heteroatoms. The zero-order chi connectivity index (χ0) is 29.3. The molecule has 224 valence electrons. The van der Waals surface area contributed by atoms with Crippen molar-refractivity contribution in [1.29, 1.82) is 0 Å². The second kappa shape index (κ2) is 9.83. The number of Topliss-reactive ketones (excluding diaryl/α,β-unsaturated/α-hetero) is 1. The smallest absolute Gasteiger partial charge is 0.312 e. The number of ketones is 1. The van der Waals surface area contributed by atoms with Gasteiger partial charge in [0.15, 0.2) is 0 Å². The molecule has 0 aromatic heterocycles. The van der Waals surface area contributed by atoms with E-state index in [2.05, 4.69) is 53.0 Å². The highest BCUT2D eigenvalue weighted by molar-refractivity contribution is 5.85. The second-order valence-electron chi connectivity index (χ2n) is 15.5. The van der Waals surface area contributed by atoms with Gasteiger partial charge in [0.1, 0.15) is 5.78 Å². The predicted octanol–water partition coefficient (Wildman–Crippen LogP) is 7.35. The van der Waals surface area contributed by atoms with E-state index in [9.17, 15) is 19.7 Å². The molecule has 9 atom stereocenters. The van der Waals surface area contributed by atoms with Crippen LogP contribution in [-0.4, -0.2) is 30.1 Å². The fourth-order valence-electron chi connectivity index (χ4n) is 11.8. The van der Waals surface area contributed by atoms with Crippen molar-refractivity contribution in [1.82, 2.24) is 0 Å². The van der Waals surface area contributed by atoms with Gasteiger partial charge in [0, 0.05) is 18.3 Å². The molecule has 0 aliphatic heterocycles. The maximum absolute atomic E-state index is 13.9. The summed E-state index contributed by atoms with van der Waals surface area (Å²) >= 11 is 0. The lowest BCUT2D eigenvalue weighted by Gasteiger charge is -2.72. The van der Waals surface area contributed by atoms with Gasteiger partial charge >= 0.3 is 5.97 Å². The molecule has 0 bridgehead atoms. The van der Waals surface area contributed by atoms with Crippen LogP contribution < -0.4 is 0 Å². The molecule has 7 nitrogen and oxygen atoms in total. The van der Waals surface area contributed by atoms with Crippen LogP contribution in [0.3, 0.4) is 0 Å². The monoisotopic (exact) mass is 557 g/mol. The van der Waals surface area contributed by atoms with Gasteiger partial charge in [0.25, 0.3) is 5.09 Å². The largest absolute Gasteiger partial charge is 0.465 e. The molecule has 0 N–H and O–H groups in total. The highest BCUT2D eigenvalue weighted by atomic mass is 16.9. The van der Waals surface area contributed by atoms with Crippen molar-refractivity contribution in [3.63, 3.8) is 0 Å². The van der Waals surface area contributed by atoms with Gasteiger partial charge in [-0.05, 0) is 111 Å². The standard InChI is InChI=1S/C33H51NO6/c1-21(2)22-11-16-33(28(36)39-19-8-20-40-34(37)38)18-17-31(6)23(27(22)33)9-10-25-30(5)14-13-26(35)29(3,4)24(30)12-15-32(25,31)7/h22-25,27H,1,8-20H2,2-7H3/t22-,23+,24-,25+,27+,30-,31+,32+,33-/m0/s1. The maximum atomic E-state index is 13.9. The van der Waals surface area contributed by atoms with Crippen molar-refractivity contribution < 1.29 is 24.3 Å². The average molecular weight is 558 g/mol. The molecule has 5 aliphatic rings. The molecule has 0 radical (unpaired) electrons. The number of carbonyl (C=O) groups excluding carboxylic acids is 2. The van der Waals surface area contributed by atoms with Crippen LogP contribution in [0.2, 0.25) is 0 Å². The lowest BCUT2D eigenvalue weighted by atomic mass is 9.32. The van der Waals surface area contributed by atoms with E-state index in [1.165, 1.54) is 5.57 Å². The number of carbonyl (C=O) groups is 2. The van der Waals surface area contributed by atoms with E-state index in [-0.39, 0.29) is 46.8 Å². The molecule has 5 rings (SSSR count). The van der Waals surface area contributed by atoms with Crippen LogP contribution in [-0.2, 0) is 19.2 Å². The lowest BCUT2D eigenvalue weighted by Crippen LogP contribution is -2.66. The van der Waals surface area contributed by atoms with E-state index in [0.717, 1.165) is 57.8 Å². The molecule has 0 unspecified atom stereocenters. The minimum absolute atomic E-state index is 0.0618. The molecule has 5 saturated carbocycles. The zero-order valence-electron chi connectivity index (χ0n) is 25.7. The highest BCUT2D eigenvalue weighted by Gasteiger charge is 2.72. The fourth-order valence-corrected chi connectivity index (χ4v) is 11.8. The summed E-state index contributed by atoms with van der Waals surface area (Å²) in [4.78, 5) is 41.8. The summed E-state index contributed by atoms with van der Waals surface area (Å²) in [5.41, 5.74) is 0.872. The average Bonchev–Trinajstić information content (AvgIpc) is 3.28. The van der Waals surface area contributed by atoms with Crippen LogP contribution >= 0.6 is 0 Å². The van der Waals surface area contributed by atoms with Gasteiger partial charge in [-0.25, -0.2) is 0 Å². The van der Waals surface area contributed by atoms with E-state index in [0.29, 0.717) is 42.3 Å². The van der Waals surface area contributed by atoms with E-state index in [4.69, 9.17) is 4.74 Å². The van der Waals surface area contributed by atoms with E-state index < -0.39 is 10.5 Å². The predicted molar refractivity (Wildman–Crippen MR) is 152 cm³/mol. The fraction of sp³-hybridized carbons (Fsp3) is 0.879. The Kier molecular flexibility index (Phi) is 7.27. The first-order chi connectivity index (χ1) is 18.6. The maximum Gasteiger partial charge on any atom is 0.312 e. The third kappa shape index (κ3) is 4.02. The molecule has 0 aromatic carbocycles. The zero-order valence-corrected chi connectivity index (χ0v) is 25.7. The molecule has 0 heterocycles. The normalized spacial score (nSPS) is 45.4. The van der Waals surface area contributed by atoms with Crippen LogP contribution in [0, 0.1) is 66.8 Å². The summed E-state index contributed by atoms with van der Waals surface area (Å²) in [5.74, 6) is 2.31. The molecule has 0 aromatic rings. The number of hydrogen-bond acceptors (Lipinski definition) is 6. The Morgan fingerprint density at radius 3 is 2.35 bits per heavy atom. The van der Waals surface area contributed by atoms with E-state index in [1.54, 1.807) is 0 Å². The van der Waals surface area contributed by atoms with Crippen molar-refractivity contribution in [2.45, 2.75) is 112 Å². The first-order valence-electron chi connectivity index (χ1n) is 15.8. The molecular formula is C33H51NO6. The molecule has 0 saturated heterocycles. The summed E-state index contributed by atoms with van der Waals surface area (Å²) in [6, 6.07) is 0. The number of fused-ring (bicyclic) bond motifs is 7. The van der Waals surface area contributed by atoms with Gasteiger partial charge in [-0.2, -0.15) is 0 Å². The van der Waals surface area contributed by atoms with Gasteiger partial charge in [-0.15, -0.1) is 10.1 Å². The lowest BCUT2D eigenvalue weighted by molar-refractivity contribution is -0.757. The van der Waals surface area contributed by atoms with Crippen molar-refractivity contribution in [2.75, 3.05) is 13.2 Å². The van der Waals surface area contributed by atoms with Crippen molar-refractivity contribution >= 4 is 11.8 Å². The number of esters is 1. The summed E-state index contributed by atoms with van der Waals surface area (Å²) < 4.78 is 5.86. The van der Waals surface area contributed by atoms with Crippen LogP contribution in [0.4, 0.5) is 0 Å². The molecular weight excluding hydrogens is 506 g/mol. The van der Waals surface area contributed by atoms with Crippen LogP contribution in [0.1, 0.15) is 112 Å². The first kappa shape index (κ1) is 29.6. The Hall–Kier alpha value is -1.92. The molecule has 0 amide bonds. The molecule has 5 fully saturated rings. The van der Waals surface area contributed by atoms with Gasteiger partial charge in [-0.1, -0.05) is 46.8 Å². The Bertz CT molecular complexity index is 1080. The minimum Gasteiger partial charge on any atom is -0.465 e. The SMILES string of the molecule is C=C(C)[C@@H]1CC[C@]2(C(=O)OCCCO[N+](=O)[O-])CC[C@]3(C)[C@H](CC[C@@H]4[C@@]5(C)CCC(=O)C(C)(C)[C@@H]5CC[C@]43C)[C@@H]12. The molecule has 0 spiro atoms. The van der Waals surface area contributed by atoms with Gasteiger partial charge in [0.05, 0.1) is 18.6 Å². The Morgan fingerprint density at radius 1 is 0.950 bits per heavy atom. The number of hydrogen-bond donors (Lipinski definition) is 0. The summed E-state index contributed by atoms with van der Waals surface area (Å²) in [6.45, 7) is 18.7. The van der Waals surface area contributed by atoms with Crippen LogP contribution in [0.5, 0.6) is 0 Å². The van der Waals surface area contributed by atoms with Crippen molar-refractivity contribution in [3.8, 4) is 0 Å². The second-order valence-corrected chi connectivity index (χ2v) is 15.5. The Labute approximate surface area is 240 Å². The summed E-state index contributed by atoms with van der Waals surface area (Å²) in [7, 11) is 0. The Balaban J connectivity index is 1.44. The number of nitrogens with zero attached hydrogens (tertiary/aromatic N) is 1. The van der Waals surface area contributed by atoms with Gasteiger partial charge < -0.3 is 9.57 Å². The number of ether oxygens (including phenoxy) is 1. The Morgan fingerprint density at radius 2 is 1.68 bits per heavy atom. The minimum atomic E-state index is -0.802. The summed E-state index contributed by atoms with van der Waals surface area (Å²) in [6.07, 6.45) is 10.2. The van der Waals surface area contributed by atoms with Crippen LogP contribution in [0.15, 0.2) is 12.2 Å². The topological polar surface area (TPSA) is 95.7 Å². The molecule has 40 heavy (non-hydrogen) atoms. The number of allylic oxidation sites excluding steroid dienone is 1. The van der Waals surface area contributed by atoms with Crippen LogP contribution in [0.25, 0.3) is 0 Å². The summed E-state index contributed by atoms with van der Waals surface area (Å²) in [5, 5.41) is 9.68. The first-order valence-corrected chi connectivity index (χ1v) is 15.8. The van der Waals surface area contributed by atoms with Gasteiger partial charge in [-0.3, -0.25) is 9.59 Å². The van der Waals surface area contributed by atoms with E-state index in [1.807, 2.05) is 0 Å². The number of rotatable bonds is 7.